The van der Waals surface area contributed by atoms with Gasteiger partial charge in [-0.3, -0.25) is 0 Å². The summed E-state index contributed by atoms with van der Waals surface area (Å²) in [5.74, 6) is 0.407. The predicted octanol–water partition coefficient (Wildman–Crippen LogP) is 6.36. The van der Waals surface area contributed by atoms with E-state index in [2.05, 4.69) is 91.9 Å². The Morgan fingerprint density at radius 1 is 1.15 bits per heavy atom. The zero-order valence-corrected chi connectivity index (χ0v) is 19.1. The molecule has 0 saturated carbocycles. The van der Waals surface area contributed by atoms with Gasteiger partial charge >= 0.3 is 0 Å². The van der Waals surface area contributed by atoms with Crippen molar-refractivity contribution in [3.05, 3.63) is 41.5 Å². The molecule has 2 nitrogen and oxygen atoms in total. The molecule has 3 heteroatoms. The summed E-state index contributed by atoms with van der Waals surface area (Å²) in [6.45, 7) is 20.5. The summed E-state index contributed by atoms with van der Waals surface area (Å²) in [6, 6.07) is 8.87. The number of benzene rings is 1. The van der Waals surface area contributed by atoms with Crippen molar-refractivity contribution < 1.29 is 9.16 Å². The lowest BCUT2D eigenvalue weighted by Gasteiger charge is -2.42. The lowest BCUT2D eigenvalue weighted by molar-refractivity contribution is -0.0601. The number of hydrogen-bond acceptors (Lipinski definition) is 2. The molecule has 0 aliphatic carbocycles. The van der Waals surface area contributed by atoms with Crippen LogP contribution >= 0.6 is 0 Å². The minimum Gasteiger partial charge on any atom is -0.411 e. The van der Waals surface area contributed by atoms with Gasteiger partial charge in [0.15, 0.2) is 8.32 Å². The highest BCUT2D eigenvalue weighted by Crippen LogP contribution is 2.58. The van der Waals surface area contributed by atoms with Crippen molar-refractivity contribution in [3.8, 4) is 0 Å². The van der Waals surface area contributed by atoms with Crippen LogP contribution < -0.4 is 0 Å². The summed E-state index contributed by atoms with van der Waals surface area (Å²) in [5, 5.41) is 0.208. The number of fused-ring (bicyclic) bond motifs is 2. The Kier molecular flexibility index (Phi) is 4.62. The largest absolute Gasteiger partial charge is 0.411 e. The molecule has 2 heterocycles. The number of hydrogen-bond donors (Lipinski definition) is 0. The zero-order valence-electron chi connectivity index (χ0n) is 18.1. The van der Waals surface area contributed by atoms with Gasteiger partial charge in [0.05, 0.1) is 11.7 Å². The Bertz CT molecular complexity index is 711. The fraction of sp³-hybridized carbons (Fsp3) is 0.652. The van der Waals surface area contributed by atoms with Crippen LogP contribution in [0.5, 0.6) is 0 Å². The summed E-state index contributed by atoms with van der Waals surface area (Å²) >= 11 is 0. The van der Waals surface area contributed by atoms with Crippen molar-refractivity contribution in [1.29, 1.82) is 0 Å². The van der Waals surface area contributed by atoms with E-state index < -0.39 is 8.32 Å². The first-order valence-electron chi connectivity index (χ1n) is 9.99. The Hall–Kier alpha value is -0.903. The molecular formula is C23H36O2Si. The van der Waals surface area contributed by atoms with Gasteiger partial charge in [-0.1, -0.05) is 64.4 Å². The Morgan fingerprint density at radius 3 is 2.23 bits per heavy atom. The van der Waals surface area contributed by atoms with Crippen molar-refractivity contribution in [2.24, 2.45) is 5.92 Å². The Morgan fingerprint density at radius 2 is 1.73 bits per heavy atom. The van der Waals surface area contributed by atoms with E-state index in [1.807, 2.05) is 0 Å². The lowest BCUT2D eigenvalue weighted by atomic mass is 9.73. The highest BCUT2D eigenvalue weighted by Gasteiger charge is 2.62. The number of ether oxygens (including phenoxy) is 1. The molecule has 2 bridgehead atoms. The summed E-state index contributed by atoms with van der Waals surface area (Å²) in [4.78, 5) is 0. The van der Waals surface area contributed by atoms with Crippen molar-refractivity contribution in [1.82, 2.24) is 0 Å². The lowest BCUT2D eigenvalue weighted by Crippen LogP contribution is -2.49. The molecule has 3 atom stereocenters. The standard InChI is InChI=1S/C23H36O2Si/c1-16(2)23-15-20(24-26(8,9)21(4,5)6)22(7,25-23)14-19(23)18-12-10-17(3)11-13-18/h10-14,16,20H,15H2,1-9H3/t20-,22+,23-/m1/s1. The quantitative estimate of drug-likeness (QED) is 0.573. The van der Waals surface area contributed by atoms with Gasteiger partial charge in [-0.05, 0) is 55.1 Å². The molecular weight excluding hydrogens is 336 g/mol. The molecule has 0 unspecified atom stereocenters. The molecule has 2 aliphatic heterocycles. The molecule has 1 aromatic carbocycles. The van der Waals surface area contributed by atoms with Crippen LogP contribution in [0.25, 0.3) is 5.57 Å². The molecule has 3 rings (SSSR count). The van der Waals surface area contributed by atoms with Gasteiger partial charge in [-0.2, -0.15) is 0 Å². The van der Waals surface area contributed by atoms with Crippen LogP contribution in [0.2, 0.25) is 18.1 Å². The molecule has 2 aliphatic rings. The van der Waals surface area contributed by atoms with Gasteiger partial charge in [0.2, 0.25) is 0 Å². The molecule has 0 spiro atoms. The maximum Gasteiger partial charge on any atom is 0.192 e. The minimum atomic E-state index is -1.84. The molecule has 144 valence electrons. The van der Waals surface area contributed by atoms with E-state index in [9.17, 15) is 0 Å². The summed E-state index contributed by atoms with van der Waals surface area (Å²) in [5.41, 5.74) is 3.36. The molecule has 26 heavy (non-hydrogen) atoms. The topological polar surface area (TPSA) is 18.5 Å². The highest BCUT2D eigenvalue weighted by molar-refractivity contribution is 6.74. The van der Waals surface area contributed by atoms with Gasteiger partial charge in [-0.15, -0.1) is 0 Å². The van der Waals surface area contributed by atoms with Crippen LogP contribution in [0.1, 0.15) is 59.1 Å². The third-order valence-electron chi connectivity index (χ3n) is 6.96. The predicted molar refractivity (Wildman–Crippen MR) is 113 cm³/mol. The SMILES string of the molecule is Cc1ccc(C2=C[C@]3(C)O[C@@]2(C(C)C)C[C@H]3O[Si](C)(C)C(C)(C)C)cc1. The summed E-state index contributed by atoms with van der Waals surface area (Å²) < 4.78 is 13.6. The van der Waals surface area contributed by atoms with E-state index >= 15 is 0 Å². The zero-order chi connectivity index (χ0) is 19.5. The maximum atomic E-state index is 6.85. The molecule has 1 saturated heterocycles. The average Bonchev–Trinajstić information content (AvgIpc) is 2.96. The van der Waals surface area contributed by atoms with Crippen molar-refractivity contribution >= 4 is 13.9 Å². The van der Waals surface area contributed by atoms with Crippen LogP contribution in [0, 0.1) is 12.8 Å². The third kappa shape index (κ3) is 3.02. The molecule has 1 aromatic rings. The van der Waals surface area contributed by atoms with Crippen LogP contribution in [0.15, 0.2) is 30.3 Å². The summed E-state index contributed by atoms with van der Waals surface area (Å²) in [6.07, 6.45) is 3.45. The van der Waals surface area contributed by atoms with Crippen molar-refractivity contribution in [2.75, 3.05) is 0 Å². The maximum absolute atomic E-state index is 6.85. The number of aryl methyl sites for hydroxylation is 1. The normalized spacial score (nSPS) is 31.6. The fourth-order valence-corrected chi connectivity index (χ4v) is 5.47. The van der Waals surface area contributed by atoms with Gasteiger partial charge in [-0.25, -0.2) is 0 Å². The van der Waals surface area contributed by atoms with Gasteiger partial charge < -0.3 is 9.16 Å². The van der Waals surface area contributed by atoms with E-state index in [-0.39, 0.29) is 22.3 Å². The van der Waals surface area contributed by atoms with E-state index in [1.165, 1.54) is 16.7 Å². The second kappa shape index (κ2) is 6.05. The van der Waals surface area contributed by atoms with Crippen LogP contribution in [0.3, 0.4) is 0 Å². The van der Waals surface area contributed by atoms with Crippen molar-refractivity contribution in [3.63, 3.8) is 0 Å². The molecule has 0 radical (unpaired) electrons. The van der Waals surface area contributed by atoms with E-state index in [1.54, 1.807) is 0 Å². The highest BCUT2D eigenvalue weighted by atomic mass is 28.4. The van der Waals surface area contributed by atoms with E-state index in [0.29, 0.717) is 5.92 Å². The number of rotatable bonds is 4. The summed E-state index contributed by atoms with van der Waals surface area (Å²) in [7, 11) is -1.84. The second-order valence-corrected chi connectivity index (χ2v) is 15.1. The average molecular weight is 373 g/mol. The van der Waals surface area contributed by atoms with Crippen LogP contribution in [-0.4, -0.2) is 25.6 Å². The van der Waals surface area contributed by atoms with Gasteiger partial charge in [0, 0.05) is 6.42 Å². The van der Waals surface area contributed by atoms with Gasteiger partial charge in [0.1, 0.15) is 5.60 Å². The monoisotopic (exact) mass is 372 g/mol. The Labute approximate surface area is 161 Å². The minimum absolute atomic E-state index is 0.139. The van der Waals surface area contributed by atoms with Crippen LogP contribution in [-0.2, 0) is 9.16 Å². The molecule has 1 fully saturated rings. The molecule has 0 aromatic heterocycles. The first kappa shape index (κ1) is 19.8. The van der Waals surface area contributed by atoms with E-state index in [0.717, 1.165) is 6.42 Å². The molecule has 0 N–H and O–H groups in total. The fourth-order valence-electron chi connectivity index (χ4n) is 4.09. The van der Waals surface area contributed by atoms with E-state index in [4.69, 9.17) is 9.16 Å². The van der Waals surface area contributed by atoms with Crippen molar-refractivity contribution in [2.45, 2.75) is 90.3 Å². The third-order valence-corrected chi connectivity index (χ3v) is 11.4. The smallest absolute Gasteiger partial charge is 0.192 e. The second-order valence-electron chi connectivity index (χ2n) is 10.3. The van der Waals surface area contributed by atoms with Crippen LogP contribution in [0.4, 0.5) is 0 Å². The first-order valence-corrected chi connectivity index (χ1v) is 12.9. The van der Waals surface area contributed by atoms with Gasteiger partial charge in [0.25, 0.3) is 0 Å². The molecule has 0 amide bonds. The Balaban J connectivity index is 1.98. The first-order chi connectivity index (χ1) is 11.8.